The van der Waals surface area contributed by atoms with Crippen molar-refractivity contribution in [3.8, 4) is 0 Å². The number of ether oxygens (including phenoxy) is 1. The molecule has 1 aromatic rings. The minimum atomic E-state index is -0.448. The Balaban J connectivity index is 3.49. The molecule has 0 spiro atoms. The number of methoxy groups -OCH3 is 1. The fraction of sp³-hybridized carbons (Fsp3) is 0.538. The predicted octanol–water partition coefficient (Wildman–Crippen LogP) is 3.54. The highest BCUT2D eigenvalue weighted by Crippen LogP contribution is 2.27. The predicted molar refractivity (Wildman–Crippen MR) is 60.6 cm³/mol. The molecule has 0 saturated carbocycles. The molecule has 0 aromatic heterocycles. The van der Waals surface area contributed by atoms with Crippen LogP contribution >= 0.6 is 0 Å². The van der Waals surface area contributed by atoms with Crippen LogP contribution < -0.4 is 0 Å². The summed E-state index contributed by atoms with van der Waals surface area (Å²) in [4.78, 5) is 0. The monoisotopic (exact) mass is 228 g/mol. The van der Waals surface area contributed by atoms with Gasteiger partial charge in [-0.2, -0.15) is 0 Å². The number of rotatable bonds is 4. The summed E-state index contributed by atoms with van der Waals surface area (Å²) in [5.41, 5.74) is 2.00. The topological polar surface area (TPSA) is 9.23 Å². The summed E-state index contributed by atoms with van der Waals surface area (Å²) in [7, 11) is 1.44. The van der Waals surface area contributed by atoms with Crippen LogP contribution in [0, 0.1) is 18.6 Å². The molecule has 0 bridgehead atoms. The molecule has 1 aromatic carbocycles. The van der Waals surface area contributed by atoms with Gasteiger partial charge in [-0.05, 0) is 36.5 Å². The van der Waals surface area contributed by atoms with Crippen LogP contribution in [0.2, 0.25) is 0 Å². The van der Waals surface area contributed by atoms with E-state index in [0.717, 1.165) is 5.56 Å². The van der Waals surface area contributed by atoms with Gasteiger partial charge in [0.15, 0.2) is 0 Å². The van der Waals surface area contributed by atoms with Crippen molar-refractivity contribution in [2.45, 2.75) is 40.2 Å². The van der Waals surface area contributed by atoms with Gasteiger partial charge in [-0.15, -0.1) is 0 Å². The number of hydrogen-bond acceptors (Lipinski definition) is 1. The first kappa shape index (κ1) is 13.1. The van der Waals surface area contributed by atoms with E-state index >= 15 is 0 Å². The van der Waals surface area contributed by atoms with Crippen LogP contribution in [-0.4, -0.2) is 7.11 Å². The summed E-state index contributed by atoms with van der Waals surface area (Å²) in [5, 5.41) is 0. The molecular weight excluding hydrogens is 210 g/mol. The maximum absolute atomic E-state index is 14.0. The van der Waals surface area contributed by atoms with E-state index in [0.29, 0.717) is 24.0 Å². The minimum Gasteiger partial charge on any atom is -0.380 e. The third-order valence-corrected chi connectivity index (χ3v) is 2.96. The first-order valence-corrected chi connectivity index (χ1v) is 5.55. The lowest BCUT2D eigenvalue weighted by Gasteiger charge is -2.16. The fourth-order valence-corrected chi connectivity index (χ4v) is 2.08. The van der Waals surface area contributed by atoms with Crippen molar-refractivity contribution >= 4 is 0 Å². The molecular formula is C13H18F2O. The van der Waals surface area contributed by atoms with Crippen molar-refractivity contribution in [2.75, 3.05) is 7.11 Å². The number of hydrogen-bond donors (Lipinski definition) is 0. The van der Waals surface area contributed by atoms with Gasteiger partial charge >= 0.3 is 0 Å². The average molecular weight is 228 g/mol. The molecule has 0 saturated heterocycles. The van der Waals surface area contributed by atoms with Crippen molar-refractivity contribution in [3.05, 3.63) is 33.9 Å². The summed E-state index contributed by atoms with van der Waals surface area (Å²) in [6, 6.07) is 0. The van der Waals surface area contributed by atoms with Crippen molar-refractivity contribution in [3.63, 3.8) is 0 Å². The molecule has 90 valence electrons. The average Bonchev–Trinajstić information content (AvgIpc) is 2.26. The largest absolute Gasteiger partial charge is 0.380 e. The molecule has 0 radical (unpaired) electrons. The van der Waals surface area contributed by atoms with E-state index in [2.05, 4.69) is 0 Å². The Bertz CT molecular complexity index is 355. The van der Waals surface area contributed by atoms with Gasteiger partial charge in [-0.1, -0.05) is 13.8 Å². The summed E-state index contributed by atoms with van der Waals surface area (Å²) in [5.74, 6) is -0.895. The molecule has 0 unspecified atom stereocenters. The third-order valence-electron chi connectivity index (χ3n) is 2.96. The van der Waals surface area contributed by atoms with Gasteiger partial charge in [-0.25, -0.2) is 8.78 Å². The second-order valence-electron chi connectivity index (χ2n) is 3.83. The van der Waals surface area contributed by atoms with Gasteiger partial charge in [0.25, 0.3) is 0 Å². The van der Waals surface area contributed by atoms with Gasteiger partial charge in [0, 0.05) is 12.7 Å². The summed E-state index contributed by atoms with van der Waals surface area (Å²) in [6.45, 7) is 5.51. The Hall–Kier alpha value is -0.960. The highest BCUT2D eigenvalue weighted by molar-refractivity contribution is 5.41. The standard InChI is InChI=1S/C13H18F2O/c1-5-9-8(3)10(6-2)13(15)11(7-16-4)12(9)14/h5-7H2,1-4H3. The van der Waals surface area contributed by atoms with E-state index in [1.54, 1.807) is 6.92 Å². The lowest BCUT2D eigenvalue weighted by Crippen LogP contribution is -2.09. The number of benzene rings is 1. The van der Waals surface area contributed by atoms with Crippen molar-refractivity contribution < 1.29 is 13.5 Å². The first-order valence-electron chi connectivity index (χ1n) is 5.55. The van der Waals surface area contributed by atoms with E-state index in [9.17, 15) is 8.78 Å². The molecule has 0 aliphatic carbocycles. The fourth-order valence-electron chi connectivity index (χ4n) is 2.08. The molecule has 16 heavy (non-hydrogen) atoms. The zero-order valence-electron chi connectivity index (χ0n) is 10.3. The van der Waals surface area contributed by atoms with Gasteiger partial charge in [0.2, 0.25) is 0 Å². The van der Waals surface area contributed by atoms with Crippen molar-refractivity contribution in [1.82, 2.24) is 0 Å². The van der Waals surface area contributed by atoms with E-state index in [4.69, 9.17) is 4.74 Å². The molecule has 0 aliphatic rings. The van der Waals surface area contributed by atoms with Crippen LogP contribution in [0.1, 0.15) is 36.1 Å². The Labute approximate surface area is 95.4 Å². The molecule has 0 atom stereocenters. The van der Waals surface area contributed by atoms with Crippen LogP contribution in [0.4, 0.5) is 8.78 Å². The van der Waals surface area contributed by atoms with Crippen molar-refractivity contribution in [1.29, 1.82) is 0 Å². The van der Waals surface area contributed by atoms with Crippen LogP contribution in [0.25, 0.3) is 0 Å². The van der Waals surface area contributed by atoms with E-state index < -0.39 is 11.6 Å². The smallest absolute Gasteiger partial charge is 0.135 e. The second-order valence-corrected chi connectivity index (χ2v) is 3.83. The minimum absolute atomic E-state index is 0.0159. The molecule has 3 heteroatoms. The van der Waals surface area contributed by atoms with Crippen LogP contribution in [0.3, 0.4) is 0 Å². The number of halogens is 2. The van der Waals surface area contributed by atoms with Crippen LogP contribution in [0.5, 0.6) is 0 Å². The summed E-state index contributed by atoms with van der Waals surface area (Å²) in [6.07, 6.45) is 1.14. The van der Waals surface area contributed by atoms with Crippen LogP contribution in [0.15, 0.2) is 0 Å². The summed E-state index contributed by atoms with van der Waals surface area (Å²) < 4.78 is 32.8. The molecule has 0 N–H and O–H groups in total. The Morgan fingerprint density at radius 2 is 1.38 bits per heavy atom. The molecule has 0 aliphatic heterocycles. The maximum atomic E-state index is 14.0. The third kappa shape index (κ3) is 2.09. The lowest BCUT2D eigenvalue weighted by atomic mass is 9.94. The van der Waals surface area contributed by atoms with E-state index in [-0.39, 0.29) is 12.2 Å². The van der Waals surface area contributed by atoms with Gasteiger partial charge in [0.05, 0.1) is 6.61 Å². The van der Waals surface area contributed by atoms with E-state index in [1.807, 2.05) is 13.8 Å². The quantitative estimate of drug-likeness (QED) is 0.765. The lowest BCUT2D eigenvalue weighted by molar-refractivity contribution is 0.177. The highest BCUT2D eigenvalue weighted by Gasteiger charge is 2.20. The first-order chi connectivity index (χ1) is 7.58. The normalized spacial score (nSPS) is 10.9. The second kappa shape index (κ2) is 5.39. The van der Waals surface area contributed by atoms with Crippen molar-refractivity contribution in [2.24, 2.45) is 0 Å². The molecule has 0 amide bonds. The SMILES string of the molecule is CCc1c(C)c(CC)c(F)c(COC)c1F. The Morgan fingerprint density at radius 1 is 0.938 bits per heavy atom. The highest BCUT2D eigenvalue weighted by atomic mass is 19.1. The zero-order chi connectivity index (χ0) is 12.3. The van der Waals surface area contributed by atoms with Gasteiger partial charge in [-0.3, -0.25) is 0 Å². The Morgan fingerprint density at radius 3 is 1.69 bits per heavy atom. The van der Waals surface area contributed by atoms with Crippen LogP contribution in [-0.2, 0) is 24.2 Å². The van der Waals surface area contributed by atoms with Gasteiger partial charge < -0.3 is 4.74 Å². The van der Waals surface area contributed by atoms with E-state index in [1.165, 1.54) is 7.11 Å². The Kier molecular flexibility index (Phi) is 4.42. The molecule has 1 rings (SSSR count). The molecule has 0 heterocycles. The maximum Gasteiger partial charge on any atom is 0.135 e. The molecule has 1 nitrogen and oxygen atoms in total. The zero-order valence-corrected chi connectivity index (χ0v) is 10.3. The summed E-state index contributed by atoms with van der Waals surface area (Å²) >= 11 is 0. The van der Waals surface area contributed by atoms with Gasteiger partial charge in [0.1, 0.15) is 11.6 Å². The molecule has 0 fully saturated rings.